The first kappa shape index (κ1) is 23.7. The summed E-state index contributed by atoms with van der Waals surface area (Å²) in [5, 5.41) is 12.2. The number of amides is 1. The second kappa shape index (κ2) is 10.3. The molecule has 0 saturated heterocycles. The lowest BCUT2D eigenvalue weighted by Crippen LogP contribution is -2.50. The maximum absolute atomic E-state index is 13.2. The zero-order valence-electron chi connectivity index (χ0n) is 19.8. The van der Waals surface area contributed by atoms with Crippen LogP contribution in [-0.4, -0.2) is 21.8 Å². The molecule has 2 aliphatic heterocycles. The number of halogens is 1. The van der Waals surface area contributed by atoms with Gasteiger partial charge < -0.3 is 4.42 Å². The Kier molecular flexibility index (Phi) is 6.97. The van der Waals surface area contributed by atoms with Gasteiger partial charge in [0.05, 0.1) is 5.36 Å². The molecule has 6 nitrogen and oxygen atoms in total. The molecule has 2 aliphatic rings. The van der Waals surface area contributed by atoms with Gasteiger partial charge >= 0.3 is 0 Å². The van der Waals surface area contributed by atoms with Crippen molar-refractivity contribution in [3.63, 3.8) is 0 Å². The molecule has 1 amide bonds. The number of thioether (sulfide) groups is 1. The van der Waals surface area contributed by atoms with Crippen LogP contribution in [0.1, 0.15) is 50.1 Å². The van der Waals surface area contributed by atoms with Crippen molar-refractivity contribution in [1.82, 2.24) is 10.3 Å². The number of benzene rings is 2. The van der Waals surface area contributed by atoms with Crippen LogP contribution in [0.25, 0.3) is 17.0 Å². The van der Waals surface area contributed by atoms with Crippen LogP contribution in [0, 0.1) is 6.92 Å². The predicted molar refractivity (Wildman–Crippen MR) is 141 cm³/mol. The summed E-state index contributed by atoms with van der Waals surface area (Å²) in [4.78, 5) is 18.2. The number of hydrogen-bond donors (Lipinski definition) is 1. The molecule has 0 fully saturated rings. The number of rotatable bonds is 7. The number of amidine groups is 1. The topological polar surface area (TPSA) is 70.2 Å². The quantitative estimate of drug-likeness (QED) is 0.438. The number of nitrogens with one attached hydrogen (secondary N) is 1. The van der Waals surface area contributed by atoms with Crippen LogP contribution < -0.4 is 15.9 Å². The summed E-state index contributed by atoms with van der Waals surface area (Å²) in [6.45, 7) is 4.16. The number of hydrazone groups is 1. The van der Waals surface area contributed by atoms with Crippen LogP contribution in [0.2, 0.25) is 5.02 Å². The maximum atomic E-state index is 13.2. The molecule has 1 aromatic heterocycles. The highest BCUT2D eigenvalue weighted by Crippen LogP contribution is 2.35. The van der Waals surface area contributed by atoms with E-state index in [0.717, 1.165) is 33.9 Å². The zero-order valence-corrected chi connectivity index (χ0v) is 21.3. The van der Waals surface area contributed by atoms with E-state index in [4.69, 9.17) is 26.1 Å². The molecular formula is C27H27ClN4O2S. The summed E-state index contributed by atoms with van der Waals surface area (Å²) >= 11 is 7.90. The van der Waals surface area contributed by atoms with E-state index in [-0.39, 0.29) is 5.91 Å². The number of aryl methyl sites for hydroxylation is 1. The van der Waals surface area contributed by atoms with E-state index in [1.807, 2.05) is 61.5 Å². The van der Waals surface area contributed by atoms with Gasteiger partial charge in [0, 0.05) is 21.6 Å². The van der Waals surface area contributed by atoms with Crippen molar-refractivity contribution >= 4 is 40.1 Å². The van der Waals surface area contributed by atoms with Crippen molar-refractivity contribution in [2.45, 2.75) is 45.7 Å². The van der Waals surface area contributed by atoms with E-state index in [2.05, 4.69) is 12.2 Å². The van der Waals surface area contributed by atoms with Crippen molar-refractivity contribution < 1.29 is 9.21 Å². The third-order valence-corrected chi connectivity index (χ3v) is 7.45. The molecule has 0 saturated carbocycles. The van der Waals surface area contributed by atoms with Gasteiger partial charge in [0.25, 0.3) is 5.91 Å². The highest BCUT2D eigenvalue weighted by Gasteiger charge is 2.36. The van der Waals surface area contributed by atoms with Crippen molar-refractivity contribution in [3.8, 4) is 11.3 Å². The Bertz CT molecular complexity index is 1410. The number of fused-ring (bicyclic) bond motifs is 2. The molecule has 35 heavy (non-hydrogen) atoms. The molecule has 0 spiro atoms. The van der Waals surface area contributed by atoms with Gasteiger partial charge in [-0.1, -0.05) is 79.9 Å². The first-order chi connectivity index (χ1) is 17.0. The molecule has 0 aliphatic carbocycles. The average molecular weight is 507 g/mol. The van der Waals surface area contributed by atoms with Crippen molar-refractivity contribution in [1.29, 1.82) is 0 Å². The number of nitrogens with zero attached hydrogens (tertiary/aromatic N) is 3. The fourth-order valence-corrected chi connectivity index (χ4v) is 5.20. The first-order valence-corrected chi connectivity index (χ1v) is 13.3. The summed E-state index contributed by atoms with van der Waals surface area (Å²) < 4.78 is 6.25. The van der Waals surface area contributed by atoms with Crippen LogP contribution in [-0.2, 0) is 4.79 Å². The molecule has 2 aromatic carbocycles. The van der Waals surface area contributed by atoms with Gasteiger partial charge in [-0.2, -0.15) is 0 Å². The molecule has 0 bridgehead atoms. The van der Waals surface area contributed by atoms with Crippen LogP contribution >= 0.6 is 23.4 Å². The van der Waals surface area contributed by atoms with Crippen molar-refractivity contribution in [2.75, 3.05) is 5.75 Å². The number of furan rings is 1. The summed E-state index contributed by atoms with van der Waals surface area (Å²) in [6.07, 6.45) is 4.08. The highest BCUT2D eigenvalue weighted by atomic mass is 35.5. The molecule has 8 heteroatoms. The SMILES string of the molecule is CCCCCCSC1=NN2C(=c3ccccc3=NC2c2ccc(-c3ccc(C)c(Cl)c3)o2)C(=O)N1. The average Bonchev–Trinajstić information content (AvgIpc) is 3.35. The standard InChI is InChI=1S/C27H27ClN4O2S/c1-3-4-5-8-15-35-27-30-26(33)24-19-9-6-7-10-21(19)29-25(32(24)31-27)23-14-13-22(34-23)18-12-11-17(2)20(28)16-18/h6-7,9-14,16,25H,3-5,8,15H2,1-2H3,(H,30,31,33). The van der Waals surface area contributed by atoms with E-state index in [1.54, 1.807) is 16.8 Å². The Morgan fingerprint density at radius 3 is 2.80 bits per heavy atom. The molecule has 1 atom stereocenters. The minimum atomic E-state index is -0.587. The molecular weight excluding hydrogens is 480 g/mol. The number of hydrogen-bond acceptors (Lipinski definition) is 6. The zero-order chi connectivity index (χ0) is 24.4. The predicted octanol–water partition coefficient (Wildman–Crippen LogP) is 5.36. The summed E-state index contributed by atoms with van der Waals surface area (Å²) in [6, 6.07) is 17.3. The van der Waals surface area contributed by atoms with E-state index in [1.165, 1.54) is 19.3 Å². The third-order valence-electron chi connectivity index (χ3n) is 6.09. The number of carbonyl (C=O) groups excluding carboxylic acids is 1. The maximum Gasteiger partial charge on any atom is 0.276 e. The second-order valence-corrected chi connectivity index (χ2v) is 10.1. The summed E-state index contributed by atoms with van der Waals surface area (Å²) in [5.74, 6) is 2.02. The highest BCUT2D eigenvalue weighted by molar-refractivity contribution is 8.13. The Morgan fingerprint density at radius 1 is 1.11 bits per heavy atom. The monoisotopic (exact) mass is 506 g/mol. The smallest absolute Gasteiger partial charge is 0.276 e. The Hall–Kier alpha value is -3.03. The molecule has 0 radical (unpaired) electrons. The first-order valence-electron chi connectivity index (χ1n) is 11.9. The normalized spacial score (nSPS) is 16.8. The second-order valence-electron chi connectivity index (χ2n) is 8.65. The molecule has 180 valence electrons. The third kappa shape index (κ3) is 4.88. The Labute approximate surface area is 213 Å². The lowest BCUT2D eigenvalue weighted by Gasteiger charge is -2.32. The molecule has 1 N–H and O–H groups in total. The van der Waals surface area contributed by atoms with Gasteiger partial charge in [-0.3, -0.25) is 10.1 Å². The van der Waals surface area contributed by atoms with Crippen molar-refractivity contribution in [3.05, 3.63) is 81.5 Å². The van der Waals surface area contributed by atoms with E-state index in [0.29, 0.717) is 27.4 Å². The van der Waals surface area contributed by atoms with E-state index < -0.39 is 6.17 Å². The van der Waals surface area contributed by atoms with Crippen LogP contribution in [0.4, 0.5) is 0 Å². The van der Waals surface area contributed by atoms with Crippen molar-refractivity contribution in [2.24, 2.45) is 10.1 Å². The summed E-state index contributed by atoms with van der Waals surface area (Å²) in [5.41, 5.74) is 2.37. The Balaban J connectivity index is 1.50. The summed E-state index contributed by atoms with van der Waals surface area (Å²) in [7, 11) is 0. The van der Waals surface area contributed by atoms with Gasteiger partial charge in [0.15, 0.2) is 10.9 Å². The number of unbranched alkanes of at least 4 members (excludes halogenated alkanes) is 3. The molecule has 3 aromatic rings. The fourth-order valence-electron chi connectivity index (χ4n) is 4.17. The van der Waals surface area contributed by atoms with Crippen LogP contribution in [0.3, 0.4) is 0 Å². The van der Waals surface area contributed by atoms with E-state index >= 15 is 0 Å². The van der Waals surface area contributed by atoms with E-state index in [9.17, 15) is 4.79 Å². The molecule has 3 heterocycles. The van der Waals surface area contributed by atoms with Gasteiger partial charge in [-0.15, -0.1) is 5.10 Å². The van der Waals surface area contributed by atoms with Gasteiger partial charge in [0.2, 0.25) is 6.17 Å². The minimum Gasteiger partial charge on any atom is -0.457 e. The fraction of sp³-hybridized carbons (Fsp3) is 0.296. The minimum absolute atomic E-state index is 0.180. The number of carbonyl (C=O) groups is 1. The Morgan fingerprint density at radius 2 is 1.97 bits per heavy atom. The van der Waals surface area contributed by atoms with Crippen LogP contribution in [0.15, 0.2) is 69.1 Å². The van der Waals surface area contributed by atoms with Gasteiger partial charge in [-0.25, -0.2) is 10.0 Å². The van der Waals surface area contributed by atoms with Gasteiger partial charge in [0.1, 0.15) is 11.5 Å². The van der Waals surface area contributed by atoms with Gasteiger partial charge in [-0.05, 0) is 43.2 Å². The lowest BCUT2D eigenvalue weighted by atomic mass is 10.1. The van der Waals surface area contributed by atoms with Crippen LogP contribution in [0.5, 0.6) is 0 Å². The molecule has 1 unspecified atom stereocenters. The lowest BCUT2D eigenvalue weighted by molar-refractivity contribution is -0.116. The number of para-hydroxylation sites is 1. The largest absolute Gasteiger partial charge is 0.457 e. The molecule has 5 rings (SSSR count).